The molecule has 2 saturated carbocycles. The Hall–Kier alpha value is -0.630. The Morgan fingerprint density at radius 3 is 2.21 bits per heavy atom. The third-order valence-electron chi connectivity index (χ3n) is 5.07. The molecule has 1 N–H and O–H groups in total. The number of hydrogen-bond acceptors (Lipinski definition) is 4. The molecule has 3 fully saturated rings. The van der Waals surface area contributed by atoms with Gasteiger partial charge in [0.05, 0.1) is 6.07 Å². The molecule has 0 amide bonds. The van der Waals surface area contributed by atoms with Gasteiger partial charge in [0.1, 0.15) is 5.54 Å². The molecule has 0 aromatic heterocycles. The van der Waals surface area contributed by atoms with Gasteiger partial charge >= 0.3 is 0 Å². The summed E-state index contributed by atoms with van der Waals surface area (Å²) in [6.07, 6.45) is 5.32. The van der Waals surface area contributed by atoms with E-state index >= 15 is 0 Å². The van der Waals surface area contributed by atoms with Gasteiger partial charge in [-0.05, 0) is 44.6 Å². The number of rotatable bonds is 6. The summed E-state index contributed by atoms with van der Waals surface area (Å²) >= 11 is 0. The fourth-order valence-corrected chi connectivity index (χ4v) is 3.32. The van der Waals surface area contributed by atoms with E-state index in [1.165, 1.54) is 45.3 Å². The number of piperazine rings is 1. The summed E-state index contributed by atoms with van der Waals surface area (Å²) in [5, 5.41) is 12.9. The first-order chi connectivity index (χ1) is 9.25. The summed E-state index contributed by atoms with van der Waals surface area (Å²) in [6, 6.07) is 2.56. The van der Waals surface area contributed by atoms with E-state index in [4.69, 9.17) is 0 Å². The second-order valence-corrected chi connectivity index (χ2v) is 6.63. The molecule has 106 valence electrons. The van der Waals surface area contributed by atoms with Crippen LogP contribution in [0, 0.1) is 23.2 Å². The van der Waals surface area contributed by atoms with E-state index in [9.17, 15) is 5.26 Å². The predicted octanol–water partition coefficient (Wildman–Crippen LogP) is 0.906. The molecule has 2 aliphatic carbocycles. The Bertz CT molecular complexity index is 348. The number of likely N-dealkylation sites (N-methyl/N-ethyl adjacent to an activating group) is 1. The molecule has 3 aliphatic rings. The molecule has 0 aromatic carbocycles. The van der Waals surface area contributed by atoms with Gasteiger partial charge in [-0.1, -0.05) is 0 Å². The van der Waals surface area contributed by atoms with Crippen molar-refractivity contribution < 1.29 is 0 Å². The molecule has 1 aliphatic heterocycles. The van der Waals surface area contributed by atoms with Crippen molar-refractivity contribution in [2.45, 2.75) is 31.2 Å². The molecular formula is C15H26N4. The largest absolute Gasteiger partial charge is 0.301 e. The van der Waals surface area contributed by atoms with Crippen LogP contribution in [-0.2, 0) is 0 Å². The number of nitrogens with one attached hydrogen (secondary N) is 1. The van der Waals surface area contributed by atoms with Crippen molar-refractivity contribution in [3.63, 3.8) is 0 Å². The Morgan fingerprint density at radius 2 is 1.74 bits per heavy atom. The Labute approximate surface area is 116 Å². The summed E-state index contributed by atoms with van der Waals surface area (Å²) in [4.78, 5) is 5.10. The normalized spacial score (nSPS) is 28.8. The molecule has 1 unspecified atom stereocenters. The third-order valence-corrected chi connectivity index (χ3v) is 5.07. The van der Waals surface area contributed by atoms with Crippen molar-refractivity contribution in [3.8, 4) is 6.07 Å². The van der Waals surface area contributed by atoms with Gasteiger partial charge in [0.25, 0.3) is 0 Å². The Balaban J connectivity index is 1.49. The van der Waals surface area contributed by atoms with Crippen molar-refractivity contribution in [1.82, 2.24) is 15.1 Å². The van der Waals surface area contributed by atoms with Gasteiger partial charge in [0.2, 0.25) is 0 Å². The molecule has 19 heavy (non-hydrogen) atoms. The first-order valence-electron chi connectivity index (χ1n) is 7.80. The van der Waals surface area contributed by atoms with Gasteiger partial charge in [-0.25, -0.2) is 0 Å². The van der Waals surface area contributed by atoms with Gasteiger partial charge in [0, 0.05) is 39.3 Å². The van der Waals surface area contributed by atoms with E-state index in [2.05, 4.69) is 21.2 Å². The molecule has 3 rings (SSSR count). The molecule has 1 heterocycles. The maximum absolute atomic E-state index is 9.55. The van der Waals surface area contributed by atoms with Crippen LogP contribution < -0.4 is 5.32 Å². The SMILES string of the molecule is CNC(C#N)(CN1CCN(CC2CC2)CC1)C1CC1. The molecule has 0 bridgehead atoms. The molecule has 0 radical (unpaired) electrons. The van der Waals surface area contributed by atoms with Gasteiger partial charge in [-0.3, -0.25) is 4.90 Å². The van der Waals surface area contributed by atoms with E-state index in [-0.39, 0.29) is 5.54 Å². The van der Waals surface area contributed by atoms with Crippen LogP contribution in [0.15, 0.2) is 0 Å². The van der Waals surface area contributed by atoms with Crippen molar-refractivity contribution in [1.29, 1.82) is 5.26 Å². The van der Waals surface area contributed by atoms with Gasteiger partial charge in [0.15, 0.2) is 0 Å². The van der Waals surface area contributed by atoms with Crippen LogP contribution in [0.3, 0.4) is 0 Å². The van der Waals surface area contributed by atoms with Crippen molar-refractivity contribution in [3.05, 3.63) is 0 Å². The summed E-state index contributed by atoms with van der Waals surface area (Å²) < 4.78 is 0. The summed E-state index contributed by atoms with van der Waals surface area (Å²) in [7, 11) is 1.95. The summed E-state index contributed by atoms with van der Waals surface area (Å²) in [6.45, 7) is 6.85. The first kappa shape index (κ1) is 13.4. The zero-order valence-electron chi connectivity index (χ0n) is 12.1. The lowest BCUT2D eigenvalue weighted by atomic mass is 9.94. The average molecular weight is 262 g/mol. The van der Waals surface area contributed by atoms with E-state index in [1.54, 1.807) is 0 Å². The first-order valence-corrected chi connectivity index (χ1v) is 7.80. The van der Waals surface area contributed by atoms with Crippen LogP contribution in [0.5, 0.6) is 0 Å². The summed E-state index contributed by atoms with van der Waals surface area (Å²) in [5.74, 6) is 1.57. The van der Waals surface area contributed by atoms with Gasteiger partial charge < -0.3 is 10.2 Å². The van der Waals surface area contributed by atoms with Crippen molar-refractivity contribution in [2.24, 2.45) is 11.8 Å². The standard InChI is InChI=1S/C15H26N4/c1-17-15(11-16,14-4-5-14)12-19-8-6-18(7-9-19)10-13-2-3-13/h13-14,17H,2-10,12H2,1H3. The van der Waals surface area contributed by atoms with Gasteiger partial charge in [-0.15, -0.1) is 0 Å². The highest BCUT2D eigenvalue weighted by atomic mass is 15.3. The zero-order chi connectivity index (χ0) is 13.3. The quantitative estimate of drug-likeness (QED) is 0.772. The maximum Gasteiger partial charge on any atom is 0.122 e. The minimum absolute atomic E-state index is 0.293. The number of nitrogens with zero attached hydrogens (tertiary/aromatic N) is 3. The average Bonchev–Trinajstić information content (AvgIpc) is 3.30. The van der Waals surface area contributed by atoms with Crippen LogP contribution in [0.1, 0.15) is 25.7 Å². The highest BCUT2D eigenvalue weighted by Gasteiger charge is 2.46. The van der Waals surface area contributed by atoms with Crippen molar-refractivity contribution >= 4 is 0 Å². The minimum atomic E-state index is -0.293. The lowest BCUT2D eigenvalue weighted by Gasteiger charge is -2.39. The van der Waals surface area contributed by atoms with Gasteiger partial charge in [-0.2, -0.15) is 5.26 Å². The Morgan fingerprint density at radius 1 is 1.11 bits per heavy atom. The smallest absolute Gasteiger partial charge is 0.122 e. The molecule has 4 heteroatoms. The maximum atomic E-state index is 9.55. The lowest BCUT2D eigenvalue weighted by molar-refractivity contribution is 0.106. The van der Waals surface area contributed by atoms with E-state index in [0.717, 1.165) is 25.6 Å². The zero-order valence-corrected chi connectivity index (χ0v) is 12.1. The lowest BCUT2D eigenvalue weighted by Crippen LogP contribution is -2.57. The van der Waals surface area contributed by atoms with Crippen LogP contribution in [-0.4, -0.2) is 61.7 Å². The molecular weight excluding hydrogens is 236 g/mol. The fraction of sp³-hybridized carbons (Fsp3) is 0.933. The number of hydrogen-bond donors (Lipinski definition) is 1. The molecule has 4 nitrogen and oxygen atoms in total. The monoisotopic (exact) mass is 262 g/mol. The van der Waals surface area contributed by atoms with Crippen LogP contribution in [0.4, 0.5) is 0 Å². The van der Waals surface area contributed by atoms with Crippen LogP contribution in [0.25, 0.3) is 0 Å². The topological polar surface area (TPSA) is 42.3 Å². The van der Waals surface area contributed by atoms with Crippen LogP contribution >= 0.6 is 0 Å². The predicted molar refractivity (Wildman–Crippen MR) is 75.7 cm³/mol. The van der Waals surface area contributed by atoms with Crippen molar-refractivity contribution in [2.75, 3.05) is 46.3 Å². The highest BCUT2D eigenvalue weighted by molar-refractivity contribution is 5.16. The molecule has 1 atom stereocenters. The second kappa shape index (κ2) is 5.40. The minimum Gasteiger partial charge on any atom is -0.301 e. The summed E-state index contributed by atoms with van der Waals surface area (Å²) in [5.41, 5.74) is -0.293. The number of nitriles is 1. The van der Waals surface area contributed by atoms with E-state index in [0.29, 0.717) is 5.92 Å². The molecule has 0 aromatic rings. The molecule has 1 saturated heterocycles. The molecule has 0 spiro atoms. The highest BCUT2D eigenvalue weighted by Crippen LogP contribution is 2.39. The second-order valence-electron chi connectivity index (χ2n) is 6.63. The Kier molecular flexibility index (Phi) is 3.79. The van der Waals surface area contributed by atoms with E-state index in [1.807, 2.05) is 7.05 Å². The van der Waals surface area contributed by atoms with Crippen LogP contribution in [0.2, 0.25) is 0 Å². The van der Waals surface area contributed by atoms with E-state index < -0.39 is 0 Å². The fourth-order valence-electron chi connectivity index (χ4n) is 3.32. The third kappa shape index (κ3) is 3.10.